The summed E-state index contributed by atoms with van der Waals surface area (Å²) in [4.78, 5) is 0. The zero-order valence-electron chi connectivity index (χ0n) is 9.84. The molecule has 0 spiro atoms. The number of hydrogen-bond acceptors (Lipinski definition) is 1. The van der Waals surface area contributed by atoms with Gasteiger partial charge in [0.05, 0.1) is 0 Å². The number of aryl methyl sites for hydroxylation is 1. The van der Waals surface area contributed by atoms with Gasteiger partial charge in [-0.3, -0.25) is 4.57 Å². The Labute approximate surface area is 101 Å². The van der Waals surface area contributed by atoms with Gasteiger partial charge in [-0.2, -0.15) is 0 Å². The lowest BCUT2D eigenvalue weighted by Crippen LogP contribution is -2.01. The first kappa shape index (κ1) is 11.1. The van der Waals surface area contributed by atoms with Crippen LogP contribution in [-0.2, 0) is 0 Å². The van der Waals surface area contributed by atoms with Crippen LogP contribution in [0.15, 0.2) is 36.5 Å². The molecule has 1 aromatic carbocycles. The van der Waals surface area contributed by atoms with Crippen molar-refractivity contribution >= 4 is 12.2 Å². The Balaban J connectivity index is 2.63. The minimum absolute atomic E-state index is 0.399. The van der Waals surface area contributed by atoms with Crippen molar-refractivity contribution in [2.45, 2.75) is 26.8 Å². The lowest BCUT2D eigenvalue weighted by Gasteiger charge is -2.07. The number of rotatable bonds is 2. The smallest absolute Gasteiger partial charge is 0.184 e. The summed E-state index contributed by atoms with van der Waals surface area (Å²) in [5.41, 5.74) is 2.30. The van der Waals surface area contributed by atoms with Crippen LogP contribution in [0.25, 0.3) is 5.69 Å². The molecule has 3 heteroatoms. The van der Waals surface area contributed by atoms with E-state index in [0.29, 0.717) is 6.04 Å². The number of benzene rings is 1. The van der Waals surface area contributed by atoms with Crippen molar-refractivity contribution < 1.29 is 0 Å². The summed E-state index contributed by atoms with van der Waals surface area (Å²) < 4.78 is 5.09. The van der Waals surface area contributed by atoms with Crippen LogP contribution < -0.4 is 0 Å². The van der Waals surface area contributed by atoms with E-state index in [2.05, 4.69) is 48.2 Å². The van der Waals surface area contributed by atoms with Crippen LogP contribution in [0, 0.1) is 11.7 Å². The fourth-order valence-corrected chi connectivity index (χ4v) is 2.35. The molecule has 0 atom stereocenters. The van der Waals surface area contributed by atoms with Crippen molar-refractivity contribution in [2.24, 2.45) is 0 Å². The van der Waals surface area contributed by atoms with Gasteiger partial charge in [0, 0.05) is 23.6 Å². The Morgan fingerprint density at radius 3 is 2.25 bits per heavy atom. The van der Waals surface area contributed by atoms with Crippen LogP contribution in [0.3, 0.4) is 0 Å². The SMILES string of the molecule is Cc1cn(C(C)C)c(=S)n1-c1ccccc1. The van der Waals surface area contributed by atoms with Gasteiger partial charge in [-0.15, -0.1) is 0 Å². The zero-order chi connectivity index (χ0) is 11.7. The summed E-state index contributed by atoms with van der Waals surface area (Å²) in [6.07, 6.45) is 2.11. The summed E-state index contributed by atoms with van der Waals surface area (Å²) in [5, 5.41) is 0. The molecule has 2 nitrogen and oxygen atoms in total. The van der Waals surface area contributed by atoms with Crippen LogP contribution in [0.4, 0.5) is 0 Å². The van der Waals surface area contributed by atoms with E-state index in [0.717, 1.165) is 10.5 Å². The van der Waals surface area contributed by atoms with E-state index in [1.807, 2.05) is 18.2 Å². The van der Waals surface area contributed by atoms with E-state index in [9.17, 15) is 0 Å². The zero-order valence-corrected chi connectivity index (χ0v) is 10.7. The third-order valence-corrected chi connectivity index (χ3v) is 3.05. The molecular formula is C13H16N2S. The molecule has 0 aliphatic heterocycles. The lowest BCUT2D eigenvalue weighted by molar-refractivity contribution is 0.587. The van der Waals surface area contributed by atoms with Gasteiger partial charge in [0.15, 0.2) is 4.77 Å². The normalized spacial score (nSPS) is 11.0. The van der Waals surface area contributed by atoms with Crippen LogP contribution in [0.5, 0.6) is 0 Å². The van der Waals surface area contributed by atoms with E-state index in [4.69, 9.17) is 12.2 Å². The third kappa shape index (κ3) is 1.83. The van der Waals surface area contributed by atoms with Gasteiger partial charge in [0.25, 0.3) is 0 Å². The minimum Gasteiger partial charge on any atom is -0.321 e. The Hall–Kier alpha value is -1.35. The van der Waals surface area contributed by atoms with Crippen molar-refractivity contribution in [1.29, 1.82) is 0 Å². The maximum atomic E-state index is 5.50. The summed E-state index contributed by atoms with van der Waals surface area (Å²) in [7, 11) is 0. The van der Waals surface area contributed by atoms with Gasteiger partial charge in [0.2, 0.25) is 0 Å². The number of hydrogen-bond donors (Lipinski definition) is 0. The molecule has 0 unspecified atom stereocenters. The fourth-order valence-electron chi connectivity index (χ4n) is 1.84. The van der Waals surface area contributed by atoms with Gasteiger partial charge < -0.3 is 4.57 Å². The first-order valence-electron chi connectivity index (χ1n) is 5.47. The second-order valence-electron chi connectivity index (χ2n) is 4.23. The van der Waals surface area contributed by atoms with Crippen LogP contribution in [0.1, 0.15) is 25.6 Å². The van der Waals surface area contributed by atoms with Crippen molar-refractivity contribution in [1.82, 2.24) is 9.13 Å². The first-order chi connectivity index (χ1) is 7.61. The molecule has 1 heterocycles. The fraction of sp³-hybridized carbons (Fsp3) is 0.308. The molecule has 0 bridgehead atoms. The molecule has 2 rings (SSSR count). The predicted molar refractivity (Wildman–Crippen MR) is 69.7 cm³/mol. The Kier molecular flexibility index (Phi) is 2.97. The standard InChI is InChI=1S/C13H16N2S/c1-10(2)14-9-11(3)15(13(14)16)12-7-5-4-6-8-12/h4-10H,1-3H3. The number of aromatic nitrogens is 2. The molecule has 0 saturated carbocycles. The monoisotopic (exact) mass is 232 g/mol. The van der Waals surface area contributed by atoms with E-state index in [-0.39, 0.29) is 0 Å². The Morgan fingerprint density at radius 2 is 1.75 bits per heavy atom. The van der Waals surface area contributed by atoms with Gasteiger partial charge in [-0.1, -0.05) is 18.2 Å². The average Bonchev–Trinajstić information content (AvgIpc) is 2.56. The molecule has 0 radical (unpaired) electrons. The molecule has 84 valence electrons. The summed E-state index contributed by atoms with van der Waals surface area (Å²) in [6, 6.07) is 10.6. The summed E-state index contributed by atoms with van der Waals surface area (Å²) in [5.74, 6) is 0. The van der Waals surface area contributed by atoms with E-state index >= 15 is 0 Å². The molecule has 0 aliphatic carbocycles. The summed E-state index contributed by atoms with van der Waals surface area (Å²) in [6.45, 7) is 6.37. The molecule has 0 amide bonds. The number of para-hydroxylation sites is 1. The van der Waals surface area contributed by atoms with E-state index in [1.54, 1.807) is 0 Å². The number of imidazole rings is 1. The number of nitrogens with zero attached hydrogens (tertiary/aromatic N) is 2. The van der Waals surface area contributed by atoms with Crippen LogP contribution in [0.2, 0.25) is 0 Å². The van der Waals surface area contributed by atoms with Crippen molar-refractivity contribution in [2.75, 3.05) is 0 Å². The highest BCUT2D eigenvalue weighted by Gasteiger charge is 2.08. The van der Waals surface area contributed by atoms with Crippen LogP contribution >= 0.6 is 12.2 Å². The molecule has 0 N–H and O–H groups in total. The predicted octanol–water partition coefficient (Wildman–Crippen LogP) is 3.90. The third-order valence-electron chi connectivity index (χ3n) is 2.66. The molecule has 2 aromatic rings. The van der Waals surface area contributed by atoms with Crippen LogP contribution in [-0.4, -0.2) is 9.13 Å². The van der Waals surface area contributed by atoms with Gasteiger partial charge in [-0.25, -0.2) is 0 Å². The second-order valence-corrected chi connectivity index (χ2v) is 4.59. The van der Waals surface area contributed by atoms with Crippen molar-refractivity contribution in [3.05, 3.63) is 47.0 Å². The van der Waals surface area contributed by atoms with Gasteiger partial charge in [0.1, 0.15) is 0 Å². The first-order valence-corrected chi connectivity index (χ1v) is 5.88. The Bertz CT molecular complexity index is 535. The van der Waals surface area contributed by atoms with E-state index < -0.39 is 0 Å². The maximum Gasteiger partial charge on any atom is 0.184 e. The Morgan fingerprint density at radius 1 is 1.12 bits per heavy atom. The quantitative estimate of drug-likeness (QED) is 0.714. The molecule has 16 heavy (non-hydrogen) atoms. The van der Waals surface area contributed by atoms with E-state index in [1.165, 1.54) is 5.69 Å². The van der Waals surface area contributed by atoms with Gasteiger partial charge in [-0.05, 0) is 45.1 Å². The molecule has 0 aliphatic rings. The summed E-state index contributed by atoms with van der Waals surface area (Å²) >= 11 is 5.50. The molecule has 0 saturated heterocycles. The molecule has 1 aromatic heterocycles. The topological polar surface area (TPSA) is 9.86 Å². The highest BCUT2D eigenvalue weighted by molar-refractivity contribution is 7.71. The highest BCUT2D eigenvalue weighted by Crippen LogP contribution is 2.16. The minimum atomic E-state index is 0.399. The van der Waals surface area contributed by atoms with Gasteiger partial charge >= 0.3 is 0 Å². The molecular weight excluding hydrogens is 216 g/mol. The van der Waals surface area contributed by atoms with Crippen molar-refractivity contribution in [3.8, 4) is 5.69 Å². The largest absolute Gasteiger partial charge is 0.321 e. The average molecular weight is 232 g/mol. The molecule has 0 fully saturated rings. The maximum absolute atomic E-state index is 5.50. The lowest BCUT2D eigenvalue weighted by atomic mass is 10.3. The highest BCUT2D eigenvalue weighted by atomic mass is 32.1. The second kappa shape index (κ2) is 4.26. The van der Waals surface area contributed by atoms with Crippen molar-refractivity contribution in [3.63, 3.8) is 0 Å².